The Bertz CT molecular complexity index is 536. The highest BCUT2D eigenvalue weighted by molar-refractivity contribution is 7.15. The minimum absolute atomic E-state index is 0.0477. The number of carbonyl (C=O) groups is 1. The summed E-state index contributed by atoms with van der Waals surface area (Å²) in [6.45, 7) is 6.25. The average molecular weight is 239 g/mol. The normalized spacial score (nSPS) is 12.2. The molecule has 1 N–H and O–H groups in total. The van der Waals surface area contributed by atoms with Crippen molar-refractivity contribution in [2.24, 2.45) is 0 Å². The molecular formula is C10H13N3O2S. The molecule has 5 nitrogen and oxygen atoms in total. The highest BCUT2D eigenvalue weighted by atomic mass is 32.1. The van der Waals surface area contributed by atoms with Crippen LogP contribution < -0.4 is 0 Å². The van der Waals surface area contributed by atoms with Crippen LogP contribution in [-0.2, 0) is 16.6 Å². The molecule has 0 aliphatic heterocycles. The van der Waals surface area contributed by atoms with Crippen LogP contribution >= 0.6 is 11.3 Å². The van der Waals surface area contributed by atoms with Crippen LogP contribution in [0.25, 0.3) is 4.96 Å². The highest BCUT2D eigenvalue weighted by Crippen LogP contribution is 2.27. The lowest BCUT2D eigenvalue weighted by atomic mass is 9.93. The summed E-state index contributed by atoms with van der Waals surface area (Å²) in [4.78, 5) is 11.5. The Morgan fingerprint density at radius 1 is 1.50 bits per heavy atom. The molecule has 0 amide bonds. The van der Waals surface area contributed by atoms with Gasteiger partial charge in [-0.15, -0.1) is 21.5 Å². The summed E-state index contributed by atoms with van der Waals surface area (Å²) in [6.07, 6.45) is -0.0963. The number of nitrogens with zero attached hydrogens (tertiary/aromatic N) is 3. The topological polar surface area (TPSA) is 67.5 Å². The lowest BCUT2D eigenvalue weighted by Crippen LogP contribution is -2.16. The van der Waals surface area contributed by atoms with Crippen LogP contribution in [0.4, 0.5) is 0 Å². The van der Waals surface area contributed by atoms with Gasteiger partial charge in [0.2, 0.25) is 4.96 Å². The Kier molecular flexibility index (Phi) is 2.46. The first-order valence-electron chi connectivity index (χ1n) is 4.93. The van der Waals surface area contributed by atoms with Crippen LogP contribution in [0.15, 0.2) is 5.38 Å². The number of aromatic nitrogens is 3. The van der Waals surface area contributed by atoms with Crippen molar-refractivity contribution in [1.29, 1.82) is 0 Å². The Morgan fingerprint density at radius 3 is 2.75 bits per heavy atom. The molecule has 2 aromatic heterocycles. The predicted molar refractivity (Wildman–Crippen MR) is 60.9 cm³/mol. The maximum absolute atomic E-state index is 10.7. The number of rotatable bonds is 2. The summed E-state index contributed by atoms with van der Waals surface area (Å²) in [5.41, 5.74) is 1.00. The minimum Gasteiger partial charge on any atom is -0.481 e. The van der Waals surface area contributed by atoms with Gasteiger partial charge in [-0.25, -0.2) is 0 Å². The number of fused-ring (bicyclic) bond motifs is 1. The molecule has 2 rings (SSSR count). The fraction of sp³-hybridized carbons (Fsp3) is 0.500. The van der Waals surface area contributed by atoms with Crippen LogP contribution in [-0.4, -0.2) is 25.7 Å². The van der Waals surface area contributed by atoms with Crippen molar-refractivity contribution in [3.8, 4) is 0 Å². The summed E-state index contributed by atoms with van der Waals surface area (Å²) in [7, 11) is 0. The van der Waals surface area contributed by atoms with E-state index in [1.54, 1.807) is 0 Å². The molecule has 0 fully saturated rings. The molecule has 0 spiro atoms. The molecule has 2 heterocycles. The Balaban J connectivity index is 2.59. The first-order chi connectivity index (χ1) is 7.39. The zero-order valence-corrected chi connectivity index (χ0v) is 10.2. The van der Waals surface area contributed by atoms with Crippen LogP contribution in [0.3, 0.4) is 0 Å². The molecule has 0 atom stereocenters. The van der Waals surface area contributed by atoms with Gasteiger partial charge in [0.05, 0.1) is 0 Å². The maximum Gasteiger partial charge on any atom is 0.311 e. The molecule has 86 valence electrons. The number of carboxylic acid groups (broad SMARTS) is 1. The van der Waals surface area contributed by atoms with Gasteiger partial charge in [-0.05, 0) is 0 Å². The molecule has 0 radical (unpaired) electrons. The first kappa shape index (κ1) is 11.1. The number of thiazole rings is 1. The molecule has 0 bridgehead atoms. The third-order valence-corrected chi connectivity index (χ3v) is 3.11. The van der Waals surface area contributed by atoms with Gasteiger partial charge in [-0.2, -0.15) is 0 Å². The lowest BCUT2D eigenvalue weighted by Gasteiger charge is -2.17. The molecule has 0 aliphatic carbocycles. The molecule has 16 heavy (non-hydrogen) atoms. The standard InChI is InChI=1S/C10H13N3O2S/c1-10(2,3)6-5-16-9-12-11-7(13(6)9)4-8(14)15/h5H,4H2,1-3H3,(H,14,15). The average Bonchev–Trinajstić information content (AvgIpc) is 2.65. The summed E-state index contributed by atoms with van der Waals surface area (Å²) >= 11 is 1.49. The Morgan fingerprint density at radius 2 is 2.19 bits per heavy atom. The van der Waals surface area contributed by atoms with Gasteiger partial charge >= 0.3 is 5.97 Å². The monoisotopic (exact) mass is 239 g/mol. The molecule has 2 aromatic rings. The second-order valence-electron chi connectivity index (χ2n) is 4.68. The van der Waals surface area contributed by atoms with E-state index in [9.17, 15) is 4.79 Å². The Labute approximate surface area is 96.7 Å². The molecule has 0 saturated carbocycles. The van der Waals surface area contributed by atoms with Crippen LogP contribution in [0, 0.1) is 0 Å². The molecule has 0 unspecified atom stereocenters. The van der Waals surface area contributed by atoms with Crippen molar-refractivity contribution in [2.45, 2.75) is 32.6 Å². The molecule has 0 saturated heterocycles. The van der Waals surface area contributed by atoms with Gasteiger partial charge in [0.25, 0.3) is 0 Å². The molecule has 0 aromatic carbocycles. The van der Waals surface area contributed by atoms with E-state index in [0.29, 0.717) is 5.82 Å². The second kappa shape index (κ2) is 3.55. The molecular weight excluding hydrogens is 226 g/mol. The van der Waals surface area contributed by atoms with Crippen molar-refractivity contribution in [3.05, 3.63) is 16.9 Å². The zero-order chi connectivity index (χ0) is 11.9. The van der Waals surface area contributed by atoms with E-state index in [-0.39, 0.29) is 11.8 Å². The Hall–Kier alpha value is -1.43. The third-order valence-electron chi connectivity index (χ3n) is 2.30. The van der Waals surface area contributed by atoms with E-state index in [4.69, 9.17) is 5.11 Å². The van der Waals surface area contributed by atoms with Crippen molar-refractivity contribution >= 4 is 22.3 Å². The predicted octanol–water partition coefficient (Wildman–Crippen LogP) is 1.72. The SMILES string of the molecule is CC(C)(C)c1csc2nnc(CC(=O)O)n12. The lowest BCUT2D eigenvalue weighted by molar-refractivity contribution is -0.136. The summed E-state index contributed by atoms with van der Waals surface area (Å²) in [6, 6.07) is 0. The van der Waals surface area contributed by atoms with Gasteiger partial charge in [0.15, 0.2) is 0 Å². The van der Waals surface area contributed by atoms with Crippen molar-refractivity contribution in [2.75, 3.05) is 0 Å². The van der Waals surface area contributed by atoms with Gasteiger partial charge in [-0.1, -0.05) is 20.8 Å². The number of carboxylic acids is 1. The quantitative estimate of drug-likeness (QED) is 0.866. The van der Waals surface area contributed by atoms with Crippen LogP contribution in [0.5, 0.6) is 0 Å². The number of hydrogen-bond acceptors (Lipinski definition) is 4. The third kappa shape index (κ3) is 1.80. The minimum atomic E-state index is -0.889. The molecule has 6 heteroatoms. The zero-order valence-electron chi connectivity index (χ0n) is 9.39. The molecule has 0 aliphatic rings. The highest BCUT2D eigenvalue weighted by Gasteiger charge is 2.22. The fourth-order valence-electron chi connectivity index (χ4n) is 1.54. The van der Waals surface area contributed by atoms with Gasteiger partial charge in [0.1, 0.15) is 12.2 Å². The van der Waals surface area contributed by atoms with Crippen LogP contribution in [0.2, 0.25) is 0 Å². The van der Waals surface area contributed by atoms with Gasteiger partial charge < -0.3 is 5.11 Å². The second-order valence-corrected chi connectivity index (χ2v) is 5.51. The smallest absolute Gasteiger partial charge is 0.311 e. The van der Waals surface area contributed by atoms with Crippen molar-refractivity contribution < 1.29 is 9.90 Å². The van der Waals surface area contributed by atoms with Gasteiger partial charge in [0, 0.05) is 16.5 Å². The van der Waals surface area contributed by atoms with E-state index in [1.165, 1.54) is 11.3 Å². The fourth-order valence-corrected chi connectivity index (χ4v) is 2.61. The van der Waals surface area contributed by atoms with Crippen LogP contribution in [0.1, 0.15) is 32.3 Å². The van der Waals surface area contributed by atoms with Crippen molar-refractivity contribution in [1.82, 2.24) is 14.6 Å². The number of aliphatic carboxylic acids is 1. The van der Waals surface area contributed by atoms with E-state index >= 15 is 0 Å². The largest absolute Gasteiger partial charge is 0.481 e. The maximum atomic E-state index is 10.7. The van der Waals surface area contributed by atoms with E-state index < -0.39 is 5.97 Å². The van der Waals surface area contributed by atoms with E-state index in [1.807, 2.05) is 9.78 Å². The number of hydrogen-bond donors (Lipinski definition) is 1. The summed E-state index contributed by atoms with van der Waals surface area (Å²) in [5, 5.41) is 18.7. The van der Waals surface area contributed by atoms with Crippen molar-refractivity contribution in [3.63, 3.8) is 0 Å². The van der Waals surface area contributed by atoms with E-state index in [2.05, 4.69) is 31.0 Å². The summed E-state index contributed by atoms with van der Waals surface area (Å²) < 4.78 is 1.85. The summed E-state index contributed by atoms with van der Waals surface area (Å²) in [5.74, 6) is -0.394. The first-order valence-corrected chi connectivity index (χ1v) is 5.81. The van der Waals surface area contributed by atoms with Gasteiger partial charge in [-0.3, -0.25) is 9.20 Å². The van der Waals surface area contributed by atoms with E-state index in [0.717, 1.165) is 10.7 Å².